The molecule has 2 rings (SSSR count). The van der Waals surface area contributed by atoms with Gasteiger partial charge in [0.1, 0.15) is 0 Å². The van der Waals surface area contributed by atoms with Gasteiger partial charge in [-0.1, -0.05) is 24.6 Å². The van der Waals surface area contributed by atoms with E-state index >= 15 is 0 Å². The Bertz CT molecular complexity index is 454. The maximum absolute atomic E-state index is 5.40. The molecular formula is C16H23NO2. The van der Waals surface area contributed by atoms with Crippen molar-refractivity contribution in [1.29, 1.82) is 0 Å². The van der Waals surface area contributed by atoms with Gasteiger partial charge in [-0.25, -0.2) is 0 Å². The number of rotatable bonds is 6. The van der Waals surface area contributed by atoms with Crippen LogP contribution >= 0.6 is 0 Å². The van der Waals surface area contributed by atoms with Gasteiger partial charge in [0.05, 0.1) is 20.3 Å². The van der Waals surface area contributed by atoms with Crippen molar-refractivity contribution in [2.45, 2.75) is 32.2 Å². The molecule has 3 heteroatoms. The largest absolute Gasteiger partial charge is 0.493 e. The summed E-state index contributed by atoms with van der Waals surface area (Å²) >= 11 is 0. The number of allylic oxidation sites excluding steroid dienone is 1. The van der Waals surface area contributed by atoms with E-state index in [9.17, 15) is 0 Å². The molecular weight excluding hydrogens is 238 g/mol. The van der Waals surface area contributed by atoms with Crippen LogP contribution in [0.5, 0.6) is 11.5 Å². The van der Waals surface area contributed by atoms with Crippen molar-refractivity contribution in [3.8, 4) is 11.5 Å². The van der Waals surface area contributed by atoms with E-state index in [4.69, 9.17) is 9.47 Å². The van der Waals surface area contributed by atoms with Crippen molar-refractivity contribution in [1.82, 2.24) is 5.32 Å². The molecule has 0 saturated heterocycles. The predicted octanol–water partition coefficient (Wildman–Crippen LogP) is 3.46. The van der Waals surface area contributed by atoms with Crippen molar-refractivity contribution in [3.63, 3.8) is 0 Å². The van der Waals surface area contributed by atoms with Crippen LogP contribution in [0.1, 0.15) is 37.8 Å². The fourth-order valence-electron chi connectivity index (χ4n) is 2.66. The van der Waals surface area contributed by atoms with E-state index < -0.39 is 0 Å². The molecule has 104 valence electrons. The van der Waals surface area contributed by atoms with Gasteiger partial charge in [0.25, 0.3) is 0 Å². The van der Waals surface area contributed by atoms with E-state index in [0.29, 0.717) is 6.04 Å². The number of likely N-dealkylation sites (N-methyl/N-ethyl adjacent to an activating group) is 1. The number of ether oxygens (including phenoxy) is 2. The molecule has 0 fully saturated rings. The minimum atomic E-state index is 0.298. The van der Waals surface area contributed by atoms with E-state index in [1.807, 2.05) is 6.07 Å². The summed E-state index contributed by atoms with van der Waals surface area (Å²) in [5, 5.41) is 3.56. The number of hydrogen-bond acceptors (Lipinski definition) is 3. The zero-order valence-corrected chi connectivity index (χ0v) is 12.0. The lowest BCUT2D eigenvalue weighted by atomic mass is 9.97. The van der Waals surface area contributed by atoms with Crippen LogP contribution in [0.2, 0.25) is 0 Å². The Morgan fingerprint density at radius 2 is 2.00 bits per heavy atom. The summed E-state index contributed by atoms with van der Waals surface area (Å²) in [5.74, 6) is 1.57. The molecule has 1 unspecified atom stereocenters. The van der Waals surface area contributed by atoms with Crippen LogP contribution in [0.4, 0.5) is 0 Å². The first-order valence-electron chi connectivity index (χ1n) is 6.94. The zero-order valence-electron chi connectivity index (χ0n) is 12.0. The minimum absolute atomic E-state index is 0.298. The van der Waals surface area contributed by atoms with Crippen molar-refractivity contribution in [2.75, 3.05) is 20.8 Å². The summed E-state index contributed by atoms with van der Waals surface area (Å²) in [7, 11) is 3.34. The fourth-order valence-corrected chi connectivity index (χ4v) is 2.66. The summed E-state index contributed by atoms with van der Waals surface area (Å²) in [6, 6.07) is 6.47. The van der Waals surface area contributed by atoms with E-state index in [-0.39, 0.29) is 0 Å². The predicted molar refractivity (Wildman–Crippen MR) is 77.9 cm³/mol. The molecule has 1 atom stereocenters. The van der Waals surface area contributed by atoms with Crippen molar-refractivity contribution in [2.24, 2.45) is 0 Å². The van der Waals surface area contributed by atoms with Gasteiger partial charge in [0.2, 0.25) is 0 Å². The van der Waals surface area contributed by atoms with Crippen LogP contribution < -0.4 is 14.8 Å². The molecule has 0 aromatic heterocycles. The molecule has 1 N–H and O–H groups in total. The number of methoxy groups -OCH3 is 2. The SMILES string of the molecule is CCNC(C1=CCCC1)c1ccc(OC)c(OC)c1. The topological polar surface area (TPSA) is 30.5 Å². The van der Waals surface area contributed by atoms with Gasteiger partial charge in [-0.3, -0.25) is 0 Å². The first kappa shape index (κ1) is 13.9. The standard InChI is InChI=1S/C16H23NO2/c1-4-17-16(12-7-5-6-8-12)13-9-10-14(18-2)15(11-13)19-3/h7,9-11,16-17H,4-6,8H2,1-3H3. The van der Waals surface area contributed by atoms with Crippen LogP contribution in [-0.2, 0) is 0 Å². The molecule has 19 heavy (non-hydrogen) atoms. The van der Waals surface area contributed by atoms with Gasteiger partial charge in [0, 0.05) is 0 Å². The zero-order chi connectivity index (χ0) is 13.7. The lowest BCUT2D eigenvalue weighted by Crippen LogP contribution is -2.22. The molecule has 1 aliphatic carbocycles. The first-order chi connectivity index (χ1) is 9.30. The normalized spacial score (nSPS) is 16.1. The molecule has 0 spiro atoms. The summed E-state index contributed by atoms with van der Waals surface area (Å²) in [6.07, 6.45) is 6.02. The molecule has 3 nitrogen and oxygen atoms in total. The van der Waals surface area contributed by atoms with Crippen molar-refractivity contribution < 1.29 is 9.47 Å². The van der Waals surface area contributed by atoms with Gasteiger partial charge < -0.3 is 14.8 Å². The quantitative estimate of drug-likeness (QED) is 0.795. The number of benzene rings is 1. The van der Waals surface area contributed by atoms with E-state index in [0.717, 1.165) is 18.0 Å². The molecule has 0 aliphatic heterocycles. The van der Waals surface area contributed by atoms with Crippen LogP contribution in [-0.4, -0.2) is 20.8 Å². The van der Waals surface area contributed by atoms with Crippen molar-refractivity contribution >= 4 is 0 Å². The Morgan fingerprint density at radius 1 is 1.21 bits per heavy atom. The molecule has 0 radical (unpaired) electrons. The molecule has 0 saturated carbocycles. The maximum Gasteiger partial charge on any atom is 0.161 e. The summed E-state index contributed by atoms with van der Waals surface area (Å²) in [4.78, 5) is 0. The highest BCUT2D eigenvalue weighted by molar-refractivity contribution is 5.45. The highest BCUT2D eigenvalue weighted by Crippen LogP contribution is 2.35. The first-order valence-corrected chi connectivity index (χ1v) is 6.94. The fraction of sp³-hybridized carbons (Fsp3) is 0.500. The van der Waals surface area contributed by atoms with Crippen LogP contribution in [0.3, 0.4) is 0 Å². The Hall–Kier alpha value is -1.48. The third kappa shape index (κ3) is 3.10. The molecule has 0 heterocycles. The maximum atomic E-state index is 5.40. The second-order valence-electron chi connectivity index (χ2n) is 4.78. The average Bonchev–Trinajstić information content (AvgIpc) is 2.98. The smallest absolute Gasteiger partial charge is 0.161 e. The van der Waals surface area contributed by atoms with Gasteiger partial charge in [-0.05, 0) is 43.5 Å². The highest BCUT2D eigenvalue weighted by atomic mass is 16.5. The molecule has 1 aromatic rings. The van der Waals surface area contributed by atoms with Gasteiger partial charge in [-0.15, -0.1) is 0 Å². The second kappa shape index (κ2) is 6.62. The molecule has 1 aliphatic rings. The van der Waals surface area contributed by atoms with Crippen LogP contribution in [0, 0.1) is 0 Å². The van der Waals surface area contributed by atoms with E-state index in [2.05, 4.69) is 30.4 Å². The Morgan fingerprint density at radius 3 is 2.58 bits per heavy atom. The second-order valence-corrected chi connectivity index (χ2v) is 4.78. The monoisotopic (exact) mass is 261 g/mol. The van der Waals surface area contributed by atoms with Crippen LogP contribution in [0.15, 0.2) is 29.8 Å². The number of nitrogens with one attached hydrogen (secondary N) is 1. The minimum Gasteiger partial charge on any atom is -0.493 e. The van der Waals surface area contributed by atoms with Gasteiger partial charge >= 0.3 is 0 Å². The Labute approximate surface area is 115 Å². The summed E-state index contributed by atoms with van der Waals surface area (Å²) < 4.78 is 10.7. The Kier molecular flexibility index (Phi) is 4.86. The summed E-state index contributed by atoms with van der Waals surface area (Å²) in [5.41, 5.74) is 2.74. The molecule has 0 bridgehead atoms. The molecule has 0 amide bonds. The molecule has 1 aromatic carbocycles. The highest BCUT2D eigenvalue weighted by Gasteiger charge is 2.19. The average molecular weight is 261 g/mol. The van der Waals surface area contributed by atoms with Gasteiger partial charge in [0.15, 0.2) is 11.5 Å². The third-order valence-corrected chi connectivity index (χ3v) is 3.60. The lowest BCUT2D eigenvalue weighted by Gasteiger charge is -2.21. The third-order valence-electron chi connectivity index (χ3n) is 3.60. The summed E-state index contributed by atoms with van der Waals surface area (Å²) in [6.45, 7) is 3.10. The Balaban J connectivity index is 2.30. The van der Waals surface area contributed by atoms with Crippen molar-refractivity contribution in [3.05, 3.63) is 35.4 Å². The van der Waals surface area contributed by atoms with Crippen LogP contribution in [0.25, 0.3) is 0 Å². The van der Waals surface area contributed by atoms with Gasteiger partial charge in [-0.2, -0.15) is 0 Å². The lowest BCUT2D eigenvalue weighted by molar-refractivity contribution is 0.354. The van der Waals surface area contributed by atoms with E-state index in [1.165, 1.54) is 30.4 Å². The van der Waals surface area contributed by atoms with E-state index in [1.54, 1.807) is 14.2 Å². The number of hydrogen-bond donors (Lipinski definition) is 1.